The van der Waals surface area contributed by atoms with E-state index < -0.39 is 12.0 Å². The third-order valence-electron chi connectivity index (χ3n) is 6.91. The molecule has 0 saturated heterocycles. The number of benzene rings is 3. The maximum Gasteiger partial charge on any atom is 0.338 e. The van der Waals surface area contributed by atoms with Gasteiger partial charge in [-0.2, -0.15) is 0 Å². The van der Waals surface area contributed by atoms with Crippen LogP contribution in [0.25, 0.3) is 6.08 Å². The number of fused-ring (bicyclic) bond motifs is 1. The lowest BCUT2D eigenvalue weighted by atomic mass is 9.95. The lowest BCUT2D eigenvalue weighted by Crippen LogP contribution is -2.40. The first-order valence-corrected chi connectivity index (χ1v) is 15.1. The molecule has 1 N–H and O–H groups in total. The molecule has 3 aromatic carbocycles. The third kappa shape index (κ3) is 6.40. The zero-order valence-corrected chi connectivity index (χ0v) is 26.0. The summed E-state index contributed by atoms with van der Waals surface area (Å²) in [4.78, 5) is 32.6. The van der Waals surface area contributed by atoms with Gasteiger partial charge in [-0.15, -0.1) is 0 Å². The number of carbonyl (C=O) groups is 1. The van der Waals surface area contributed by atoms with Crippen molar-refractivity contribution in [3.05, 3.63) is 114 Å². The summed E-state index contributed by atoms with van der Waals surface area (Å²) in [6.45, 7) is 7.84. The highest BCUT2D eigenvalue weighted by molar-refractivity contribution is 7.07. The van der Waals surface area contributed by atoms with Crippen LogP contribution in [0.5, 0.6) is 23.0 Å². The van der Waals surface area contributed by atoms with Crippen LogP contribution in [-0.2, 0) is 16.1 Å². The minimum atomic E-state index is -0.824. The molecule has 0 amide bonds. The van der Waals surface area contributed by atoms with Crippen LogP contribution in [0.2, 0.25) is 0 Å². The van der Waals surface area contributed by atoms with E-state index in [0.29, 0.717) is 56.6 Å². The maximum absolute atomic E-state index is 14.0. The minimum Gasteiger partial charge on any atom is -0.504 e. The van der Waals surface area contributed by atoms with Crippen molar-refractivity contribution in [2.75, 3.05) is 13.7 Å². The number of hydrogen-bond acceptors (Lipinski definition) is 9. The van der Waals surface area contributed by atoms with Crippen LogP contribution < -0.4 is 29.1 Å². The van der Waals surface area contributed by atoms with E-state index >= 15 is 0 Å². The molecule has 1 aromatic heterocycles. The van der Waals surface area contributed by atoms with Gasteiger partial charge in [0, 0.05) is 0 Å². The number of nitrogens with zero attached hydrogens (tertiary/aromatic N) is 2. The van der Waals surface area contributed by atoms with Crippen LogP contribution in [0, 0.1) is 0 Å². The van der Waals surface area contributed by atoms with Gasteiger partial charge in [0.1, 0.15) is 6.61 Å². The highest BCUT2D eigenvalue weighted by atomic mass is 32.1. The SMILES string of the molecule is CCOc1cc(C=c2sc3n(c2=O)C(c2ccc(OCc4ccccc4)c(OC)c2)C(C(=O)OC(C)C)=C(C)N=3)ccc1O. The first kappa shape index (κ1) is 30.6. The first-order chi connectivity index (χ1) is 21.2. The van der Waals surface area contributed by atoms with E-state index in [-0.39, 0.29) is 23.0 Å². The summed E-state index contributed by atoms with van der Waals surface area (Å²) < 4.78 is 24.8. The fraction of sp³-hybridized carbons (Fsp3) is 0.265. The molecular formula is C34H34N2O7S. The van der Waals surface area contributed by atoms with Gasteiger partial charge in [-0.05, 0) is 74.7 Å². The van der Waals surface area contributed by atoms with Gasteiger partial charge in [0.05, 0.1) is 41.7 Å². The molecule has 4 aromatic rings. The number of allylic oxidation sites excluding steroid dienone is 1. The zero-order valence-electron chi connectivity index (χ0n) is 25.2. The van der Waals surface area contributed by atoms with Gasteiger partial charge in [0.15, 0.2) is 27.8 Å². The molecule has 2 heterocycles. The van der Waals surface area contributed by atoms with E-state index in [1.165, 1.54) is 22.0 Å². The Bertz CT molecular complexity index is 1890. The van der Waals surface area contributed by atoms with E-state index in [1.807, 2.05) is 43.3 Å². The number of thiazole rings is 1. The molecule has 1 aliphatic rings. The quantitative estimate of drug-likeness (QED) is 0.254. The highest BCUT2D eigenvalue weighted by Crippen LogP contribution is 2.36. The second-order valence-electron chi connectivity index (χ2n) is 10.4. The number of methoxy groups -OCH3 is 1. The zero-order chi connectivity index (χ0) is 31.4. The Morgan fingerprint density at radius 2 is 1.82 bits per heavy atom. The van der Waals surface area contributed by atoms with Gasteiger partial charge in [-0.25, -0.2) is 9.79 Å². The van der Waals surface area contributed by atoms with Gasteiger partial charge < -0.3 is 24.1 Å². The van der Waals surface area contributed by atoms with Crippen molar-refractivity contribution in [3.63, 3.8) is 0 Å². The number of carbonyl (C=O) groups excluding carboxylic acids is 1. The molecule has 0 spiro atoms. The number of rotatable bonds is 10. The maximum atomic E-state index is 14.0. The predicted molar refractivity (Wildman–Crippen MR) is 168 cm³/mol. The van der Waals surface area contributed by atoms with Crippen LogP contribution in [0.15, 0.2) is 87.8 Å². The van der Waals surface area contributed by atoms with Crippen LogP contribution in [0.3, 0.4) is 0 Å². The highest BCUT2D eigenvalue weighted by Gasteiger charge is 2.34. The number of phenolic OH excluding ortho intramolecular Hbond substituents is 1. The number of hydrogen-bond donors (Lipinski definition) is 1. The van der Waals surface area contributed by atoms with Gasteiger partial charge >= 0.3 is 5.97 Å². The van der Waals surface area contributed by atoms with Crippen LogP contribution in [0.1, 0.15) is 50.4 Å². The van der Waals surface area contributed by atoms with Crippen molar-refractivity contribution in [1.82, 2.24) is 4.57 Å². The molecule has 0 radical (unpaired) electrons. The van der Waals surface area contributed by atoms with Crippen molar-refractivity contribution in [2.24, 2.45) is 4.99 Å². The summed E-state index contributed by atoms with van der Waals surface area (Å²) in [5.74, 6) is 0.766. The van der Waals surface area contributed by atoms with Gasteiger partial charge in [0.2, 0.25) is 0 Å². The molecule has 1 atom stereocenters. The average Bonchev–Trinajstić information content (AvgIpc) is 3.30. The second-order valence-corrected chi connectivity index (χ2v) is 11.4. The van der Waals surface area contributed by atoms with E-state index in [2.05, 4.69) is 4.99 Å². The molecule has 10 heteroatoms. The Hall–Kier alpha value is -4.83. The molecule has 0 fully saturated rings. The summed E-state index contributed by atoms with van der Waals surface area (Å²) in [5.41, 5.74) is 2.71. The minimum absolute atomic E-state index is 0.0135. The molecule has 5 rings (SSSR count). The van der Waals surface area contributed by atoms with E-state index in [0.717, 1.165) is 5.56 Å². The van der Waals surface area contributed by atoms with Gasteiger partial charge in [-0.3, -0.25) is 9.36 Å². The molecular weight excluding hydrogens is 580 g/mol. The normalized spacial score (nSPS) is 14.7. The summed E-state index contributed by atoms with van der Waals surface area (Å²) in [5, 5.41) is 10.1. The van der Waals surface area contributed by atoms with E-state index in [1.54, 1.807) is 58.2 Å². The molecule has 0 bridgehead atoms. The standard InChI is InChI=1S/C34H34N2O7S/c1-6-41-27-16-23(12-14-25(27)37)17-29-32(38)36-31(30(33(39)43-20(2)3)21(4)35-34(36)44-29)24-13-15-26(28(18-24)40-5)42-19-22-10-8-7-9-11-22/h7-18,20,31,37H,6,19H2,1-5H3. The lowest BCUT2D eigenvalue weighted by molar-refractivity contribution is -0.143. The topological polar surface area (TPSA) is 109 Å². The van der Waals surface area contributed by atoms with Crippen molar-refractivity contribution in [1.29, 1.82) is 0 Å². The second kappa shape index (κ2) is 13.2. The van der Waals surface area contributed by atoms with Gasteiger partial charge in [0.25, 0.3) is 5.56 Å². The Balaban J connectivity index is 1.62. The fourth-order valence-corrected chi connectivity index (χ4v) is 5.97. The first-order valence-electron chi connectivity index (χ1n) is 14.2. The van der Waals surface area contributed by atoms with Crippen molar-refractivity contribution >= 4 is 23.4 Å². The average molecular weight is 615 g/mol. The molecule has 44 heavy (non-hydrogen) atoms. The molecule has 9 nitrogen and oxygen atoms in total. The monoisotopic (exact) mass is 614 g/mol. The fourth-order valence-electron chi connectivity index (χ4n) is 4.93. The molecule has 0 saturated carbocycles. The molecule has 1 aliphatic heterocycles. The number of aromatic hydroxyl groups is 1. The van der Waals surface area contributed by atoms with Crippen LogP contribution in [-0.4, -0.2) is 35.5 Å². The Morgan fingerprint density at radius 3 is 2.52 bits per heavy atom. The lowest BCUT2D eigenvalue weighted by Gasteiger charge is -2.26. The van der Waals surface area contributed by atoms with E-state index in [4.69, 9.17) is 18.9 Å². The summed E-state index contributed by atoms with van der Waals surface area (Å²) in [6, 6.07) is 19.2. The summed E-state index contributed by atoms with van der Waals surface area (Å²) >= 11 is 1.21. The Kier molecular flexibility index (Phi) is 9.20. The molecule has 228 valence electrons. The van der Waals surface area contributed by atoms with Gasteiger partial charge in [-0.1, -0.05) is 53.8 Å². The van der Waals surface area contributed by atoms with Crippen molar-refractivity contribution in [2.45, 2.75) is 46.4 Å². The van der Waals surface area contributed by atoms with Crippen LogP contribution in [0.4, 0.5) is 0 Å². The number of ether oxygens (including phenoxy) is 4. The summed E-state index contributed by atoms with van der Waals surface area (Å²) in [6.07, 6.45) is 1.35. The number of phenols is 1. The number of aromatic nitrogens is 1. The smallest absolute Gasteiger partial charge is 0.338 e. The predicted octanol–water partition coefficient (Wildman–Crippen LogP) is 4.88. The summed E-state index contributed by atoms with van der Waals surface area (Å²) in [7, 11) is 1.54. The van der Waals surface area contributed by atoms with E-state index in [9.17, 15) is 14.7 Å². The van der Waals surface area contributed by atoms with Crippen molar-refractivity contribution in [3.8, 4) is 23.0 Å². The largest absolute Gasteiger partial charge is 0.504 e. The third-order valence-corrected chi connectivity index (χ3v) is 7.89. The Morgan fingerprint density at radius 1 is 1.05 bits per heavy atom. The van der Waals surface area contributed by atoms with Crippen molar-refractivity contribution < 1.29 is 28.8 Å². The molecule has 0 aliphatic carbocycles. The van der Waals surface area contributed by atoms with Crippen LogP contribution >= 0.6 is 11.3 Å². The Labute approximate surface area is 258 Å². The molecule has 1 unspecified atom stereocenters. The number of esters is 1.